The van der Waals surface area contributed by atoms with Crippen LogP contribution in [0.5, 0.6) is 11.5 Å². The molecule has 0 unspecified atom stereocenters. The summed E-state index contributed by atoms with van der Waals surface area (Å²) in [6.07, 6.45) is 0. The first-order chi connectivity index (χ1) is 11.3. The molecule has 4 nitrogen and oxygen atoms in total. The van der Waals surface area contributed by atoms with Gasteiger partial charge in [0.05, 0.1) is 19.6 Å². The Balaban J connectivity index is 2.30. The van der Waals surface area contributed by atoms with E-state index < -0.39 is 5.41 Å². The van der Waals surface area contributed by atoms with Gasteiger partial charge in [-0.3, -0.25) is 4.79 Å². The van der Waals surface area contributed by atoms with Crippen molar-refractivity contribution in [2.45, 2.75) is 26.2 Å². The topological polar surface area (TPSA) is 47.6 Å². The van der Waals surface area contributed by atoms with Crippen LogP contribution in [0.3, 0.4) is 0 Å². The highest BCUT2D eigenvalue weighted by molar-refractivity contribution is 6.30. The van der Waals surface area contributed by atoms with Crippen molar-refractivity contribution in [2.24, 2.45) is 0 Å². The van der Waals surface area contributed by atoms with Crippen LogP contribution >= 0.6 is 11.6 Å². The van der Waals surface area contributed by atoms with Gasteiger partial charge in [0.15, 0.2) is 11.5 Å². The van der Waals surface area contributed by atoms with Crippen molar-refractivity contribution in [2.75, 3.05) is 19.5 Å². The zero-order valence-corrected chi connectivity index (χ0v) is 15.3. The summed E-state index contributed by atoms with van der Waals surface area (Å²) in [5, 5.41) is 3.62. The standard InChI is InChI=1S/C19H22ClNO3/c1-12-10-14(20)7-8-15(12)21-18(22)19(2,3)13-6-9-16(23-4)17(11-13)24-5/h6-11H,1-5H3,(H,21,22). The lowest BCUT2D eigenvalue weighted by Crippen LogP contribution is -2.35. The summed E-state index contributed by atoms with van der Waals surface area (Å²) >= 11 is 5.96. The number of nitrogens with one attached hydrogen (secondary N) is 1. The average Bonchev–Trinajstić information content (AvgIpc) is 2.56. The number of benzene rings is 2. The van der Waals surface area contributed by atoms with Crippen molar-refractivity contribution in [3.8, 4) is 11.5 Å². The summed E-state index contributed by atoms with van der Waals surface area (Å²) in [5.74, 6) is 1.12. The van der Waals surface area contributed by atoms with Crippen LogP contribution in [0.15, 0.2) is 36.4 Å². The molecule has 0 aromatic heterocycles. The molecule has 0 spiro atoms. The fourth-order valence-electron chi connectivity index (χ4n) is 2.40. The normalized spacial score (nSPS) is 11.1. The van der Waals surface area contributed by atoms with E-state index in [1.165, 1.54) is 0 Å². The van der Waals surface area contributed by atoms with Crippen LogP contribution < -0.4 is 14.8 Å². The van der Waals surface area contributed by atoms with Crippen LogP contribution in [0, 0.1) is 6.92 Å². The molecule has 0 fully saturated rings. The van der Waals surface area contributed by atoms with Crippen molar-refractivity contribution in [1.29, 1.82) is 0 Å². The largest absolute Gasteiger partial charge is 0.493 e. The Kier molecular flexibility index (Phi) is 5.40. The second-order valence-electron chi connectivity index (χ2n) is 6.11. The first-order valence-corrected chi connectivity index (χ1v) is 7.97. The van der Waals surface area contributed by atoms with E-state index in [0.717, 1.165) is 16.8 Å². The van der Waals surface area contributed by atoms with Gasteiger partial charge in [0.2, 0.25) is 5.91 Å². The molecule has 0 radical (unpaired) electrons. The van der Waals surface area contributed by atoms with Gasteiger partial charge in [-0.15, -0.1) is 0 Å². The molecule has 24 heavy (non-hydrogen) atoms. The quantitative estimate of drug-likeness (QED) is 0.861. The molecule has 0 aliphatic carbocycles. The third kappa shape index (κ3) is 3.65. The zero-order chi connectivity index (χ0) is 17.9. The molecule has 0 heterocycles. The summed E-state index contributed by atoms with van der Waals surface area (Å²) in [4.78, 5) is 12.8. The van der Waals surface area contributed by atoms with Crippen LogP contribution in [-0.4, -0.2) is 20.1 Å². The van der Waals surface area contributed by atoms with E-state index in [-0.39, 0.29) is 5.91 Å². The predicted molar refractivity (Wildman–Crippen MR) is 97.4 cm³/mol. The van der Waals surface area contributed by atoms with Crippen LogP contribution in [-0.2, 0) is 10.2 Å². The summed E-state index contributed by atoms with van der Waals surface area (Å²) in [6, 6.07) is 10.9. The number of ether oxygens (including phenoxy) is 2. The Hall–Kier alpha value is -2.20. The second-order valence-corrected chi connectivity index (χ2v) is 6.54. The summed E-state index contributed by atoms with van der Waals surface area (Å²) < 4.78 is 10.6. The molecule has 1 amide bonds. The number of aryl methyl sites for hydroxylation is 1. The Morgan fingerprint density at radius 1 is 1.04 bits per heavy atom. The van der Waals surface area contributed by atoms with Gasteiger partial charge in [0, 0.05) is 10.7 Å². The van der Waals surface area contributed by atoms with Gasteiger partial charge in [-0.1, -0.05) is 17.7 Å². The smallest absolute Gasteiger partial charge is 0.234 e. The SMILES string of the molecule is COc1ccc(C(C)(C)C(=O)Nc2ccc(Cl)cc2C)cc1OC. The third-order valence-corrected chi connectivity index (χ3v) is 4.34. The molecule has 0 saturated heterocycles. The Morgan fingerprint density at radius 3 is 2.29 bits per heavy atom. The molecule has 2 aromatic rings. The van der Waals surface area contributed by atoms with Gasteiger partial charge in [-0.05, 0) is 62.2 Å². The maximum Gasteiger partial charge on any atom is 0.234 e. The maximum atomic E-state index is 12.8. The minimum absolute atomic E-state index is 0.111. The predicted octanol–water partition coefficient (Wildman–Crippen LogP) is 4.58. The number of hydrogen-bond acceptors (Lipinski definition) is 3. The highest BCUT2D eigenvalue weighted by atomic mass is 35.5. The molecule has 0 atom stereocenters. The van der Waals surface area contributed by atoms with E-state index >= 15 is 0 Å². The molecule has 0 saturated carbocycles. The van der Waals surface area contributed by atoms with Crippen molar-refractivity contribution in [3.05, 3.63) is 52.5 Å². The summed E-state index contributed by atoms with van der Waals surface area (Å²) in [6.45, 7) is 5.65. The van der Waals surface area contributed by atoms with Crippen LogP contribution in [0.4, 0.5) is 5.69 Å². The monoisotopic (exact) mass is 347 g/mol. The van der Waals surface area contributed by atoms with E-state index in [1.807, 2.05) is 39.0 Å². The Morgan fingerprint density at radius 2 is 1.71 bits per heavy atom. The van der Waals surface area contributed by atoms with Gasteiger partial charge in [0.1, 0.15) is 0 Å². The first kappa shape index (κ1) is 18.1. The number of amides is 1. The van der Waals surface area contributed by atoms with Gasteiger partial charge in [0.25, 0.3) is 0 Å². The molecular weight excluding hydrogens is 326 g/mol. The summed E-state index contributed by atoms with van der Waals surface area (Å²) in [7, 11) is 3.16. The molecule has 1 N–H and O–H groups in total. The lowest BCUT2D eigenvalue weighted by atomic mass is 9.83. The lowest BCUT2D eigenvalue weighted by Gasteiger charge is -2.25. The van der Waals surface area contributed by atoms with Gasteiger partial charge >= 0.3 is 0 Å². The molecule has 0 bridgehead atoms. The van der Waals surface area contributed by atoms with E-state index in [9.17, 15) is 4.79 Å². The van der Waals surface area contributed by atoms with Crippen LogP contribution in [0.1, 0.15) is 25.0 Å². The highest BCUT2D eigenvalue weighted by Gasteiger charge is 2.31. The molecule has 5 heteroatoms. The maximum absolute atomic E-state index is 12.8. The zero-order valence-electron chi connectivity index (χ0n) is 14.6. The number of carbonyl (C=O) groups excluding carboxylic acids is 1. The van der Waals surface area contributed by atoms with E-state index in [2.05, 4.69) is 5.32 Å². The van der Waals surface area contributed by atoms with Gasteiger partial charge in [-0.2, -0.15) is 0 Å². The average molecular weight is 348 g/mol. The van der Waals surface area contributed by atoms with E-state index in [0.29, 0.717) is 16.5 Å². The van der Waals surface area contributed by atoms with Crippen molar-refractivity contribution < 1.29 is 14.3 Å². The number of rotatable bonds is 5. The summed E-state index contributed by atoms with van der Waals surface area (Å²) in [5.41, 5.74) is 1.76. The van der Waals surface area contributed by atoms with E-state index in [4.69, 9.17) is 21.1 Å². The fraction of sp³-hybridized carbons (Fsp3) is 0.316. The van der Waals surface area contributed by atoms with Crippen LogP contribution in [0.25, 0.3) is 0 Å². The number of methoxy groups -OCH3 is 2. The minimum atomic E-state index is -0.744. The number of anilines is 1. The number of halogens is 1. The highest BCUT2D eigenvalue weighted by Crippen LogP contribution is 2.34. The number of hydrogen-bond donors (Lipinski definition) is 1. The molecule has 0 aliphatic heterocycles. The molecular formula is C19H22ClNO3. The van der Waals surface area contributed by atoms with Gasteiger partial charge in [-0.25, -0.2) is 0 Å². The van der Waals surface area contributed by atoms with Gasteiger partial charge < -0.3 is 14.8 Å². The van der Waals surface area contributed by atoms with Crippen molar-refractivity contribution in [1.82, 2.24) is 0 Å². The third-order valence-electron chi connectivity index (χ3n) is 4.11. The van der Waals surface area contributed by atoms with E-state index in [1.54, 1.807) is 32.4 Å². The number of carbonyl (C=O) groups is 1. The lowest BCUT2D eigenvalue weighted by molar-refractivity contribution is -0.120. The van der Waals surface area contributed by atoms with Crippen LogP contribution in [0.2, 0.25) is 5.02 Å². The molecule has 2 rings (SSSR count). The van der Waals surface area contributed by atoms with Crippen molar-refractivity contribution >= 4 is 23.2 Å². The Labute approximate surface area is 147 Å². The molecule has 0 aliphatic rings. The minimum Gasteiger partial charge on any atom is -0.493 e. The Bertz CT molecular complexity index is 756. The van der Waals surface area contributed by atoms with Crippen molar-refractivity contribution in [3.63, 3.8) is 0 Å². The molecule has 2 aromatic carbocycles. The first-order valence-electron chi connectivity index (χ1n) is 7.59. The molecule has 128 valence electrons. The second kappa shape index (κ2) is 7.14. The fourth-order valence-corrected chi connectivity index (χ4v) is 2.63.